The third-order valence-corrected chi connectivity index (χ3v) is 5.49. The Labute approximate surface area is 132 Å². The van der Waals surface area contributed by atoms with Gasteiger partial charge >= 0.3 is 0 Å². The van der Waals surface area contributed by atoms with Gasteiger partial charge in [-0.25, -0.2) is 8.42 Å². The van der Waals surface area contributed by atoms with Crippen LogP contribution in [0.5, 0.6) is 0 Å². The lowest BCUT2D eigenvalue weighted by Crippen LogP contribution is -2.48. The van der Waals surface area contributed by atoms with E-state index in [0.717, 1.165) is 18.9 Å². The molecule has 1 aromatic heterocycles. The van der Waals surface area contributed by atoms with E-state index in [9.17, 15) is 8.42 Å². The molecule has 0 saturated carbocycles. The minimum atomic E-state index is -2.91. The van der Waals surface area contributed by atoms with Gasteiger partial charge in [-0.05, 0) is 12.1 Å². The lowest BCUT2D eigenvalue weighted by atomic mass is 10.2. The highest BCUT2D eigenvalue weighted by Crippen LogP contribution is 2.11. The van der Waals surface area contributed by atoms with Gasteiger partial charge in [-0.2, -0.15) is 5.10 Å². The van der Waals surface area contributed by atoms with Crippen LogP contribution >= 0.6 is 0 Å². The molecule has 0 spiro atoms. The molecule has 1 atom stereocenters. The largest absolute Gasteiger partial charge is 0.374 e. The maximum Gasteiger partial charge on any atom is 0.151 e. The summed E-state index contributed by atoms with van der Waals surface area (Å²) >= 11 is 0. The second-order valence-electron chi connectivity index (χ2n) is 5.49. The van der Waals surface area contributed by atoms with Gasteiger partial charge in [0.1, 0.15) is 0 Å². The zero-order valence-electron chi connectivity index (χ0n) is 13.2. The number of anilines is 1. The molecule has 0 aliphatic carbocycles. The van der Waals surface area contributed by atoms with Gasteiger partial charge in [0, 0.05) is 45.2 Å². The van der Waals surface area contributed by atoms with E-state index >= 15 is 0 Å². The Kier molecular flexibility index (Phi) is 6.10. The molecule has 0 unspecified atom stereocenters. The van der Waals surface area contributed by atoms with Gasteiger partial charge in [0.15, 0.2) is 15.7 Å². The highest BCUT2D eigenvalue weighted by atomic mass is 32.2. The molecule has 0 amide bonds. The maximum absolute atomic E-state index is 11.6. The smallest absolute Gasteiger partial charge is 0.151 e. The van der Waals surface area contributed by atoms with Crippen molar-refractivity contribution < 1.29 is 13.2 Å². The predicted octanol–water partition coefficient (Wildman–Crippen LogP) is 0.0483. The Morgan fingerprint density at radius 2 is 2.32 bits per heavy atom. The number of ether oxygens (including phenoxy) is 1. The number of hydrogen-bond donors (Lipinski definition) is 0. The van der Waals surface area contributed by atoms with Crippen molar-refractivity contribution in [2.75, 3.05) is 56.2 Å². The van der Waals surface area contributed by atoms with Gasteiger partial charge in [-0.15, -0.1) is 5.10 Å². The molecule has 1 aliphatic heterocycles. The Hall–Kier alpha value is -1.25. The molecule has 2 heterocycles. The molecule has 0 aromatic carbocycles. The van der Waals surface area contributed by atoms with E-state index in [2.05, 4.69) is 15.1 Å². The third kappa shape index (κ3) is 5.19. The Morgan fingerprint density at radius 3 is 3.00 bits per heavy atom. The summed E-state index contributed by atoms with van der Waals surface area (Å²) in [5.41, 5.74) is 0. The first-order chi connectivity index (χ1) is 10.5. The van der Waals surface area contributed by atoms with Crippen LogP contribution in [-0.4, -0.2) is 81.0 Å². The van der Waals surface area contributed by atoms with Crippen molar-refractivity contribution >= 4 is 15.7 Å². The van der Waals surface area contributed by atoms with Crippen LogP contribution in [0.1, 0.15) is 6.92 Å². The van der Waals surface area contributed by atoms with Crippen molar-refractivity contribution in [3.8, 4) is 0 Å². The Morgan fingerprint density at radius 1 is 1.50 bits per heavy atom. The molecular weight excluding hydrogens is 304 g/mol. The second kappa shape index (κ2) is 7.85. The lowest BCUT2D eigenvalue weighted by molar-refractivity contribution is -0.0214. The first kappa shape index (κ1) is 17.1. The summed E-state index contributed by atoms with van der Waals surface area (Å²) in [6.07, 6.45) is 1.69. The summed E-state index contributed by atoms with van der Waals surface area (Å²) in [6, 6.07) is 3.75. The molecule has 1 saturated heterocycles. The van der Waals surface area contributed by atoms with Gasteiger partial charge in [-0.1, -0.05) is 6.92 Å². The molecule has 2 rings (SSSR count). The molecule has 1 aliphatic rings. The molecular formula is C14H24N4O3S. The molecule has 8 heteroatoms. The summed E-state index contributed by atoms with van der Waals surface area (Å²) < 4.78 is 29.0. The summed E-state index contributed by atoms with van der Waals surface area (Å²) in [5.74, 6) is 1.23. The number of hydrogen-bond acceptors (Lipinski definition) is 7. The van der Waals surface area contributed by atoms with Crippen molar-refractivity contribution in [1.82, 2.24) is 15.1 Å². The van der Waals surface area contributed by atoms with Crippen molar-refractivity contribution in [2.45, 2.75) is 13.0 Å². The normalized spacial score (nSPS) is 20.0. The average Bonchev–Trinajstić information content (AvgIpc) is 2.54. The van der Waals surface area contributed by atoms with E-state index in [0.29, 0.717) is 19.7 Å². The number of aromatic nitrogens is 2. The zero-order chi connectivity index (χ0) is 16.0. The highest BCUT2D eigenvalue weighted by Gasteiger charge is 2.23. The lowest BCUT2D eigenvalue weighted by Gasteiger charge is -2.34. The van der Waals surface area contributed by atoms with Gasteiger partial charge in [0.25, 0.3) is 0 Å². The quantitative estimate of drug-likeness (QED) is 0.700. The van der Waals surface area contributed by atoms with Crippen LogP contribution in [0.3, 0.4) is 0 Å². The minimum Gasteiger partial charge on any atom is -0.374 e. The molecule has 7 nitrogen and oxygen atoms in total. The van der Waals surface area contributed by atoms with E-state index in [1.807, 2.05) is 24.1 Å². The zero-order valence-corrected chi connectivity index (χ0v) is 14.0. The molecule has 22 heavy (non-hydrogen) atoms. The monoisotopic (exact) mass is 328 g/mol. The van der Waals surface area contributed by atoms with Gasteiger partial charge in [-0.3, -0.25) is 4.90 Å². The van der Waals surface area contributed by atoms with E-state index in [1.165, 1.54) is 0 Å². The molecule has 124 valence electrons. The first-order valence-corrected chi connectivity index (χ1v) is 9.35. The van der Waals surface area contributed by atoms with Crippen LogP contribution in [-0.2, 0) is 14.6 Å². The number of nitrogens with zero attached hydrogens (tertiary/aromatic N) is 4. The van der Waals surface area contributed by atoms with E-state index in [4.69, 9.17) is 4.74 Å². The Bertz CT molecular complexity index is 552. The first-order valence-electron chi connectivity index (χ1n) is 7.53. The molecule has 0 bridgehead atoms. The van der Waals surface area contributed by atoms with Crippen molar-refractivity contribution in [1.29, 1.82) is 0 Å². The molecule has 0 N–H and O–H groups in total. The minimum absolute atomic E-state index is 0.0464. The number of likely N-dealkylation sites (N-methyl/N-ethyl adjacent to an activating group) is 1. The third-order valence-electron chi connectivity index (χ3n) is 3.81. The van der Waals surface area contributed by atoms with Crippen LogP contribution in [0.4, 0.5) is 5.82 Å². The van der Waals surface area contributed by atoms with E-state index in [-0.39, 0.29) is 17.6 Å². The van der Waals surface area contributed by atoms with Gasteiger partial charge in [0.05, 0.1) is 18.5 Å². The SMILES string of the molecule is CCS(=O)(=O)CCN1CCO[C@@H](CN(C)c2cccnn2)C1. The standard InChI is InChI=1S/C14H24N4O3S/c1-3-22(19,20)10-8-18-7-9-21-13(12-18)11-17(2)14-5-4-6-15-16-14/h4-6,13H,3,7-12H2,1-2H3/t13-/m0/s1. The Balaban J connectivity index is 1.83. The molecule has 1 fully saturated rings. The van der Waals surface area contributed by atoms with Crippen LogP contribution in [0.15, 0.2) is 18.3 Å². The van der Waals surface area contributed by atoms with Crippen molar-refractivity contribution in [3.05, 3.63) is 18.3 Å². The topological polar surface area (TPSA) is 75.6 Å². The van der Waals surface area contributed by atoms with Crippen molar-refractivity contribution in [2.24, 2.45) is 0 Å². The fraction of sp³-hybridized carbons (Fsp3) is 0.714. The summed E-state index contributed by atoms with van der Waals surface area (Å²) in [5, 5.41) is 7.94. The predicted molar refractivity (Wildman–Crippen MR) is 85.8 cm³/mol. The van der Waals surface area contributed by atoms with Crippen LogP contribution < -0.4 is 4.90 Å². The van der Waals surface area contributed by atoms with Crippen LogP contribution in [0.25, 0.3) is 0 Å². The summed E-state index contributed by atoms with van der Waals surface area (Å²) in [7, 11) is -0.961. The summed E-state index contributed by atoms with van der Waals surface area (Å²) in [4.78, 5) is 4.16. The molecule has 1 aromatic rings. The van der Waals surface area contributed by atoms with Gasteiger partial charge in [0.2, 0.25) is 0 Å². The number of morpholine rings is 1. The van der Waals surface area contributed by atoms with Crippen LogP contribution in [0.2, 0.25) is 0 Å². The highest BCUT2D eigenvalue weighted by molar-refractivity contribution is 7.91. The fourth-order valence-corrected chi connectivity index (χ4v) is 3.23. The van der Waals surface area contributed by atoms with E-state index < -0.39 is 9.84 Å². The maximum atomic E-state index is 11.6. The average molecular weight is 328 g/mol. The number of rotatable bonds is 7. The fourth-order valence-electron chi connectivity index (χ4n) is 2.40. The second-order valence-corrected chi connectivity index (χ2v) is 7.96. The molecule has 0 radical (unpaired) electrons. The van der Waals surface area contributed by atoms with E-state index in [1.54, 1.807) is 13.1 Å². The van der Waals surface area contributed by atoms with Crippen LogP contribution in [0, 0.1) is 0 Å². The number of sulfone groups is 1. The summed E-state index contributed by atoms with van der Waals surface area (Å²) in [6.45, 7) is 5.12. The van der Waals surface area contributed by atoms with Gasteiger partial charge < -0.3 is 9.64 Å². The van der Waals surface area contributed by atoms with Crippen molar-refractivity contribution in [3.63, 3.8) is 0 Å².